The fraction of sp³-hybridized carbons (Fsp3) is 0.571. The second kappa shape index (κ2) is 7.54. The van der Waals surface area contributed by atoms with Crippen molar-refractivity contribution in [2.75, 3.05) is 6.61 Å². The van der Waals surface area contributed by atoms with Crippen molar-refractivity contribution in [1.29, 1.82) is 0 Å². The highest BCUT2D eigenvalue weighted by molar-refractivity contribution is 7.86. The van der Waals surface area contributed by atoms with E-state index in [2.05, 4.69) is 0 Å². The predicted molar refractivity (Wildman–Crippen MR) is 73.1 cm³/mol. The van der Waals surface area contributed by atoms with Crippen molar-refractivity contribution in [2.45, 2.75) is 50.8 Å². The smallest absolute Gasteiger partial charge is 0.266 e. The Bertz CT molecular complexity index is 583. The van der Waals surface area contributed by atoms with Crippen LogP contribution < -0.4 is 0 Å². The predicted octanol–water partition coefficient (Wildman–Crippen LogP) is 3.67. The van der Waals surface area contributed by atoms with Crippen LogP contribution in [0.15, 0.2) is 29.2 Å². The topological polar surface area (TPSA) is 43.4 Å². The molecule has 0 atom stereocenters. The lowest BCUT2D eigenvalue weighted by molar-refractivity contribution is 0.306. The Balaban J connectivity index is 2.55. The van der Waals surface area contributed by atoms with E-state index in [1.807, 2.05) is 6.92 Å². The Morgan fingerprint density at radius 3 is 2.44 bits per heavy atom. The maximum atomic E-state index is 11.9. The summed E-state index contributed by atoms with van der Waals surface area (Å²) in [6, 6.07) is 6.26. The zero-order valence-corrected chi connectivity index (χ0v) is 11.6. The van der Waals surface area contributed by atoms with Crippen molar-refractivity contribution in [1.82, 2.24) is 0 Å². The highest BCUT2D eigenvalue weighted by Crippen LogP contribution is 2.14. The van der Waals surface area contributed by atoms with Gasteiger partial charge in [-0.1, -0.05) is 50.2 Å². The number of rotatable bonds is 8. The first-order chi connectivity index (χ1) is 10.0. The minimum Gasteiger partial charge on any atom is -0.266 e. The Hall–Kier alpha value is -0.870. The zero-order valence-electron chi connectivity index (χ0n) is 14.8. The number of hydrogen-bond acceptors (Lipinski definition) is 3. The van der Waals surface area contributed by atoms with Crippen LogP contribution in [0.3, 0.4) is 0 Å². The molecular formula is C14H22O3S. The summed E-state index contributed by atoms with van der Waals surface area (Å²) in [4.78, 5) is 0.0602. The molecule has 0 aliphatic heterocycles. The van der Waals surface area contributed by atoms with Crippen LogP contribution in [0.25, 0.3) is 0 Å². The molecule has 0 heterocycles. The van der Waals surface area contributed by atoms with Crippen LogP contribution >= 0.6 is 0 Å². The summed E-state index contributed by atoms with van der Waals surface area (Å²) in [7, 11) is -3.85. The molecule has 0 N–H and O–H groups in total. The van der Waals surface area contributed by atoms with Crippen LogP contribution in [0.2, 0.25) is 0 Å². The van der Waals surface area contributed by atoms with E-state index in [-0.39, 0.29) is 30.8 Å². The molecular weight excluding hydrogens is 248 g/mol. The van der Waals surface area contributed by atoms with Gasteiger partial charge in [0, 0.05) is 5.48 Å². The Morgan fingerprint density at radius 1 is 1.17 bits per heavy atom. The Kier molecular flexibility index (Phi) is 4.18. The summed E-state index contributed by atoms with van der Waals surface area (Å²) < 4.78 is 59.5. The molecule has 0 aliphatic rings. The van der Waals surface area contributed by atoms with E-state index in [4.69, 9.17) is 9.67 Å². The van der Waals surface area contributed by atoms with Crippen molar-refractivity contribution >= 4 is 10.1 Å². The van der Waals surface area contributed by atoms with Gasteiger partial charge in [0.05, 0.1) is 11.5 Å². The zero-order chi connectivity index (χ0) is 17.0. The third-order valence-corrected chi connectivity index (χ3v) is 3.62. The number of hydrogen-bond donors (Lipinski definition) is 0. The minimum absolute atomic E-state index is 0.0581. The Labute approximate surface area is 116 Å². The quantitative estimate of drug-likeness (QED) is 0.536. The van der Waals surface area contributed by atoms with Crippen LogP contribution in [0.1, 0.15) is 50.0 Å². The molecule has 1 aromatic carbocycles. The first kappa shape index (κ1) is 9.98. The minimum atomic E-state index is -3.85. The van der Waals surface area contributed by atoms with Gasteiger partial charge in [-0.05, 0) is 25.5 Å². The third-order valence-electron chi connectivity index (χ3n) is 2.30. The average Bonchev–Trinajstić information content (AvgIpc) is 2.44. The van der Waals surface area contributed by atoms with Gasteiger partial charge in [-0.2, -0.15) is 8.42 Å². The van der Waals surface area contributed by atoms with E-state index < -0.39 is 22.9 Å². The van der Waals surface area contributed by atoms with Crippen LogP contribution in [0.5, 0.6) is 0 Å². The fourth-order valence-electron chi connectivity index (χ4n) is 1.32. The van der Waals surface area contributed by atoms with E-state index in [0.29, 0.717) is 0 Å². The first-order valence-corrected chi connectivity index (χ1v) is 7.39. The van der Waals surface area contributed by atoms with E-state index in [9.17, 15) is 8.42 Å². The molecule has 0 fully saturated rings. The molecule has 102 valence electrons. The van der Waals surface area contributed by atoms with Crippen LogP contribution in [-0.2, 0) is 14.3 Å². The molecule has 0 radical (unpaired) electrons. The van der Waals surface area contributed by atoms with Crippen molar-refractivity contribution < 1.29 is 18.1 Å². The highest BCUT2D eigenvalue weighted by Gasteiger charge is 2.13. The van der Waals surface area contributed by atoms with Gasteiger partial charge in [-0.25, -0.2) is 0 Å². The fourth-order valence-corrected chi connectivity index (χ4v) is 2.26. The lowest BCUT2D eigenvalue weighted by atomic mass is 10.2. The molecule has 0 spiro atoms. The average molecular weight is 274 g/mol. The molecule has 3 nitrogen and oxygen atoms in total. The van der Waals surface area contributed by atoms with Crippen LogP contribution in [0.4, 0.5) is 0 Å². The summed E-state index contributed by atoms with van der Waals surface area (Å²) in [6.07, 6.45) is -3.88. The lowest BCUT2D eigenvalue weighted by Crippen LogP contribution is -2.07. The summed E-state index contributed by atoms with van der Waals surface area (Å²) in [5.74, 6) is 0. The molecule has 0 amide bonds. The van der Waals surface area contributed by atoms with Crippen LogP contribution in [-0.4, -0.2) is 15.0 Å². The molecule has 0 bridgehead atoms. The summed E-state index contributed by atoms with van der Waals surface area (Å²) in [5, 5.41) is 0. The molecule has 0 aromatic heterocycles. The van der Waals surface area contributed by atoms with Crippen molar-refractivity contribution in [3.8, 4) is 0 Å². The van der Waals surface area contributed by atoms with Crippen LogP contribution in [0, 0.1) is 6.92 Å². The summed E-state index contributed by atoms with van der Waals surface area (Å²) in [6.45, 7) is 3.26. The highest BCUT2D eigenvalue weighted by atomic mass is 32.2. The third kappa shape index (κ3) is 5.19. The maximum Gasteiger partial charge on any atom is 0.296 e. The monoisotopic (exact) mass is 274 g/mol. The van der Waals surface area contributed by atoms with E-state index >= 15 is 0 Å². The lowest BCUT2D eigenvalue weighted by Gasteiger charge is -2.05. The van der Waals surface area contributed by atoms with E-state index in [1.165, 1.54) is 12.1 Å². The molecule has 0 saturated heterocycles. The Morgan fingerprint density at radius 2 is 1.83 bits per heavy atom. The maximum absolute atomic E-state index is 11.9. The molecule has 1 aromatic rings. The van der Waals surface area contributed by atoms with Crippen molar-refractivity contribution in [3.63, 3.8) is 0 Å². The van der Waals surface area contributed by atoms with Gasteiger partial charge >= 0.3 is 0 Å². The van der Waals surface area contributed by atoms with Gasteiger partial charge in [0.2, 0.25) is 0 Å². The first-order valence-electron chi connectivity index (χ1n) is 7.98. The van der Waals surface area contributed by atoms with Gasteiger partial charge in [0.15, 0.2) is 0 Å². The molecule has 0 saturated carbocycles. The number of benzene rings is 1. The standard InChI is InChI=1S/C14H22O3S/c1-3-4-5-6-7-12-17-18(15,16)14-10-8-13(2)9-11-14/h8-11H,3-7,12H2,1-2H3/i4D2,5D2. The normalized spacial score (nSPS) is 16.6. The molecule has 4 heteroatoms. The van der Waals surface area contributed by atoms with Crippen molar-refractivity contribution in [3.05, 3.63) is 29.8 Å². The van der Waals surface area contributed by atoms with E-state index in [1.54, 1.807) is 19.1 Å². The van der Waals surface area contributed by atoms with Crippen molar-refractivity contribution in [2.24, 2.45) is 0 Å². The summed E-state index contributed by atoms with van der Waals surface area (Å²) >= 11 is 0. The number of aryl methyl sites for hydroxylation is 1. The molecule has 0 aliphatic carbocycles. The SMILES string of the molecule is [2H]C([2H])(CC)C([2H])([2H])CCCOS(=O)(=O)c1ccc(C)cc1. The van der Waals surface area contributed by atoms with Gasteiger partial charge < -0.3 is 0 Å². The second-order valence-electron chi connectivity index (χ2n) is 3.90. The molecule has 18 heavy (non-hydrogen) atoms. The van der Waals surface area contributed by atoms with Gasteiger partial charge in [-0.3, -0.25) is 4.18 Å². The molecule has 1 rings (SSSR count). The second-order valence-corrected chi connectivity index (χ2v) is 5.52. The van der Waals surface area contributed by atoms with Gasteiger partial charge in [0.25, 0.3) is 10.1 Å². The largest absolute Gasteiger partial charge is 0.296 e. The van der Waals surface area contributed by atoms with E-state index in [0.717, 1.165) is 5.56 Å². The van der Waals surface area contributed by atoms with Gasteiger partial charge in [-0.15, -0.1) is 0 Å². The summed E-state index contributed by atoms with van der Waals surface area (Å²) in [5.41, 5.74) is 0.939. The van der Waals surface area contributed by atoms with Gasteiger partial charge in [0.1, 0.15) is 0 Å². The molecule has 0 unspecified atom stereocenters.